The molecule has 38 N–H and O–H groups in total. The number of hydrogen-bond donors (Lipinski definition) is 38. The summed E-state index contributed by atoms with van der Waals surface area (Å²) in [7, 11) is 0. The Balaban J connectivity index is 0.838. The van der Waals surface area contributed by atoms with Crippen molar-refractivity contribution < 1.29 is 302 Å². The van der Waals surface area contributed by atoms with Gasteiger partial charge < -0.3 is 303 Å². The number of nitrogens with one attached hydrogen (secondary N) is 2. The standard InChI is InChI=1S/C76H128N2O61/c1-15(90)77-29-41(102)55(26(12-88)118-65(29)116)130-66-30(78-16(2)91)42(103)56(27(13-89)128-66)131-72-54(115)60(40(101)28(129-72)14-117-67-51(112)57(37(98)23(9-85)119-67)133-73-61(45(106)33(94)19(5-81)124-73)136-68-49(110)43(104)31(92)17(3-79)120-68)135-75-64(48(109)36(97)21(7-83)126-75)139-76-63(47(108)35(96)22(8-84)127-76)138-71-52(113)58(38(99)24(10-86)123-71)132-70-53(114)59(39(100)25(11-87)122-70)134-74-62(46(107)34(95)20(6-82)125-74)137-69-50(111)44(105)32(93)18(4-80)121-69/h17-76,79-89,92-116H,3-14H2,1-2H3,(H,77,90)(H,78,91)/t17-,18-,19-,20-,21-,22-,23-,24-,25-,26-,27-,28-,29-,30-,31-,32-,33-,34-,35-,36-,37-,38-,39-,40-,41-,42-,43+,44+,45-,46+,47+,48+,49+,50-,51+,52+,53-,54+,55-,56-,57+,58+,59+,60+,61+,62-,63+,64+,65-,66+,67+,68-,69-,70-,71-,72+,73-,74-,75-,76-/m1/s1. The second kappa shape index (κ2) is 49.8. The van der Waals surface area contributed by atoms with Gasteiger partial charge in [0, 0.05) is 13.8 Å². The van der Waals surface area contributed by atoms with Crippen LogP contribution in [0.5, 0.6) is 0 Å². The highest BCUT2D eigenvalue weighted by molar-refractivity contribution is 5.73. The molecule has 60 atom stereocenters. The Morgan fingerprint density at radius 1 is 0.187 bits per heavy atom. The van der Waals surface area contributed by atoms with E-state index >= 15 is 0 Å². The van der Waals surface area contributed by atoms with Crippen LogP contribution in [-0.4, -0.2) is 643 Å². The van der Waals surface area contributed by atoms with Gasteiger partial charge in [0.25, 0.3) is 0 Å². The van der Waals surface area contributed by atoms with E-state index in [0.717, 1.165) is 13.8 Å². The van der Waals surface area contributed by atoms with Crippen molar-refractivity contribution in [1.29, 1.82) is 0 Å². The second-order valence-electron chi connectivity index (χ2n) is 35.1. The summed E-state index contributed by atoms with van der Waals surface area (Å²) in [5, 5.41) is 408. The molecule has 0 aliphatic carbocycles. The number of carbonyl (C=O) groups excluding carboxylic acids is 2. The molecule has 12 aliphatic heterocycles. The summed E-state index contributed by atoms with van der Waals surface area (Å²) in [5.41, 5.74) is 0. The van der Waals surface area contributed by atoms with Crippen molar-refractivity contribution in [2.45, 2.75) is 382 Å². The van der Waals surface area contributed by atoms with Crippen LogP contribution < -0.4 is 10.6 Å². The monoisotopic (exact) mass is 2040 g/mol. The lowest BCUT2D eigenvalue weighted by atomic mass is 9.94. The van der Waals surface area contributed by atoms with Crippen molar-refractivity contribution in [2.75, 3.05) is 79.3 Å². The third-order valence-corrected chi connectivity index (χ3v) is 25.9. The molecule has 0 aromatic rings. The summed E-state index contributed by atoms with van der Waals surface area (Å²) < 4.78 is 135. The first-order valence-electron chi connectivity index (χ1n) is 44.2. The zero-order valence-corrected chi connectivity index (χ0v) is 73.4. The maximum Gasteiger partial charge on any atom is 0.217 e. The van der Waals surface area contributed by atoms with E-state index in [4.69, 9.17) is 109 Å². The molecule has 12 heterocycles. The fraction of sp³-hybridized carbons (Fsp3) is 0.974. The van der Waals surface area contributed by atoms with E-state index in [-0.39, 0.29) is 0 Å². The number of ether oxygens (including phenoxy) is 23. The fourth-order valence-electron chi connectivity index (χ4n) is 18.0. The summed E-state index contributed by atoms with van der Waals surface area (Å²) in [6.45, 7) is -12.2. The largest absolute Gasteiger partial charge is 0.394 e. The molecule has 12 rings (SSSR count). The molecule has 0 radical (unpaired) electrons. The van der Waals surface area contributed by atoms with E-state index in [1.54, 1.807) is 0 Å². The maximum atomic E-state index is 13.1. The van der Waals surface area contributed by atoms with Gasteiger partial charge in [-0.05, 0) is 0 Å². The van der Waals surface area contributed by atoms with Crippen LogP contribution in [0.1, 0.15) is 13.8 Å². The lowest BCUT2D eigenvalue weighted by Gasteiger charge is -2.51. The molecule has 0 aromatic carbocycles. The molecule has 0 bridgehead atoms. The van der Waals surface area contributed by atoms with Gasteiger partial charge in [-0.3, -0.25) is 9.59 Å². The molecule has 63 heteroatoms. The Morgan fingerprint density at radius 3 is 0.698 bits per heavy atom. The van der Waals surface area contributed by atoms with Gasteiger partial charge in [0.05, 0.1) is 79.3 Å². The van der Waals surface area contributed by atoms with Gasteiger partial charge in [0.15, 0.2) is 75.5 Å². The minimum absolute atomic E-state index is 0.825. The Hall–Kier alpha value is -3.42. The van der Waals surface area contributed by atoms with Crippen LogP contribution >= 0.6 is 0 Å². The SMILES string of the molecule is CC(=O)N[C@@H]1[C@@H](O)[C@H](O[C@@H]2O[C@H](CO)[C@@H](O[C@@H]3O[C@H](CO[C@H]4O[C@H](CO)[C@@H](O)[C@H](O[C@H]5O[C@H](CO)[C@@H](O)[C@@H](O)[C@@H]5O[C@H]5O[C@H](CO)[C@@H](O)[C@H](O)[C@@H]5O)[C@@H]4O)[C@@H](O)[C@H](O[C@H]4O[C@H](CO)[C@@H](O)[C@H](O)[C@@H]4O[C@H]4O[C@H](CO)[C@@H](O)[C@H](O)[C@@H]4O[C@H]4O[C@H](CO)[C@@H](O)[C@H](O[C@H]5O[C@H](CO)[C@@H](O)[C@H](O[C@H]6O[C@H](CO)[C@@H](O)[C@H](O)[C@H]6O[C@H]6O[C@H](CO)[C@@H](O)[C@H](O)[C@H]6O)[C@H]5O)[C@@H]4O)[C@@H]3O)[C@H](O)[C@H]2NC(C)=O)[C@@H](CO)O[C@H]1O. The summed E-state index contributed by atoms with van der Waals surface area (Å²) in [5.74, 6) is -1.82. The predicted molar refractivity (Wildman–Crippen MR) is 418 cm³/mol. The van der Waals surface area contributed by atoms with Crippen LogP contribution in [0.4, 0.5) is 0 Å². The molecular weight excluding hydrogens is 1920 g/mol. The minimum Gasteiger partial charge on any atom is -0.394 e. The normalized spacial score (nSPS) is 51.9. The van der Waals surface area contributed by atoms with E-state index in [2.05, 4.69) is 10.6 Å². The molecule has 139 heavy (non-hydrogen) atoms. The molecule has 808 valence electrons. The number of rotatable bonds is 36. The third-order valence-electron chi connectivity index (χ3n) is 25.9. The maximum absolute atomic E-state index is 13.1. The average Bonchev–Trinajstić information content (AvgIpc) is 0.763. The van der Waals surface area contributed by atoms with Crippen LogP contribution in [0.3, 0.4) is 0 Å². The molecule has 63 nitrogen and oxygen atoms in total. The highest BCUT2D eigenvalue weighted by Crippen LogP contribution is 2.43. The predicted octanol–water partition coefficient (Wildman–Crippen LogP) is -26.9. The van der Waals surface area contributed by atoms with Crippen LogP contribution in [0.25, 0.3) is 0 Å². The molecule has 0 spiro atoms. The van der Waals surface area contributed by atoms with Gasteiger partial charge in [-0.2, -0.15) is 0 Å². The van der Waals surface area contributed by atoms with Gasteiger partial charge in [-0.25, -0.2) is 0 Å². The van der Waals surface area contributed by atoms with Crippen LogP contribution in [0.15, 0.2) is 0 Å². The quantitative estimate of drug-likeness (QED) is 0.0277. The highest BCUT2D eigenvalue weighted by atomic mass is 16.8. The first-order chi connectivity index (χ1) is 65.9. The van der Waals surface area contributed by atoms with Crippen molar-refractivity contribution in [3.05, 3.63) is 0 Å². The summed E-state index contributed by atoms with van der Waals surface area (Å²) >= 11 is 0. The smallest absolute Gasteiger partial charge is 0.217 e. The molecular formula is C76H128N2O61. The van der Waals surface area contributed by atoms with Gasteiger partial charge in [-0.15, -0.1) is 0 Å². The Kier molecular flexibility index (Phi) is 41.0. The lowest BCUT2D eigenvalue weighted by molar-refractivity contribution is -0.413. The molecule has 12 fully saturated rings. The van der Waals surface area contributed by atoms with Crippen molar-refractivity contribution in [1.82, 2.24) is 10.6 Å². The Bertz CT molecular complexity index is 3730. The van der Waals surface area contributed by atoms with Crippen molar-refractivity contribution in [3.63, 3.8) is 0 Å². The summed E-state index contributed by atoms with van der Waals surface area (Å²) in [4.78, 5) is 25.3. The van der Waals surface area contributed by atoms with Crippen LogP contribution in [-0.2, 0) is 119 Å². The Labute approximate surface area is 784 Å². The molecule has 0 unspecified atom stereocenters. The van der Waals surface area contributed by atoms with Crippen molar-refractivity contribution in [3.8, 4) is 0 Å². The van der Waals surface area contributed by atoms with Crippen LogP contribution in [0, 0.1) is 0 Å². The number of amides is 2. The number of carbonyl (C=O) groups is 2. The summed E-state index contributed by atoms with van der Waals surface area (Å²) in [6, 6.07) is -3.70. The highest BCUT2D eigenvalue weighted by Gasteiger charge is 2.64. The molecule has 12 saturated heterocycles. The first-order valence-corrected chi connectivity index (χ1v) is 44.2. The number of hydrogen-bond acceptors (Lipinski definition) is 61. The fourth-order valence-corrected chi connectivity index (χ4v) is 18.0. The van der Waals surface area contributed by atoms with Crippen molar-refractivity contribution in [2.24, 2.45) is 0 Å². The molecule has 12 aliphatic rings. The number of aliphatic hydroxyl groups is 36. The molecule has 0 saturated carbocycles. The first kappa shape index (κ1) is 114. The molecule has 2 amide bonds. The summed E-state index contributed by atoms with van der Waals surface area (Å²) in [6.07, 6.45) is -129. The lowest BCUT2D eigenvalue weighted by Crippen LogP contribution is -2.70. The van der Waals surface area contributed by atoms with Crippen LogP contribution in [0.2, 0.25) is 0 Å². The van der Waals surface area contributed by atoms with E-state index in [1.807, 2.05) is 0 Å². The van der Waals surface area contributed by atoms with E-state index in [0.29, 0.717) is 0 Å². The second-order valence-corrected chi connectivity index (χ2v) is 35.1. The van der Waals surface area contributed by atoms with Gasteiger partial charge in [0.2, 0.25) is 11.8 Å². The van der Waals surface area contributed by atoms with E-state index < -0.39 is 459 Å². The van der Waals surface area contributed by atoms with Gasteiger partial charge >= 0.3 is 0 Å². The van der Waals surface area contributed by atoms with Gasteiger partial charge in [-0.1, -0.05) is 0 Å². The Morgan fingerprint density at radius 2 is 0.388 bits per heavy atom. The average molecular weight is 2050 g/mol. The zero-order valence-electron chi connectivity index (χ0n) is 73.4. The van der Waals surface area contributed by atoms with E-state index in [9.17, 15) is 193 Å². The zero-order chi connectivity index (χ0) is 102. The minimum atomic E-state index is -2.70. The van der Waals surface area contributed by atoms with Gasteiger partial charge in [0.1, 0.15) is 293 Å². The third kappa shape index (κ3) is 24.4. The number of aliphatic hydroxyl groups excluding tert-OH is 36. The molecule has 0 aromatic heterocycles. The van der Waals surface area contributed by atoms with Crippen molar-refractivity contribution >= 4 is 11.8 Å². The van der Waals surface area contributed by atoms with E-state index in [1.165, 1.54) is 0 Å². The topological polar surface area (TPSA) is 999 Å².